The summed E-state index contributed by atoms with van der Waals surface area (Å²) in [7, 11) is 1.36. The number of carboxylic acid groups (broad SMARTS) is 1. The highest BCUT2D eigenvalue weighted by Gasteiger charge is 2.38. The van der Waals surface area contributed by atoms with Crippen molar-refractivity contribution in [2.24, 2.45) is 11.8 Å². The Kier molecular flexibility index (Phi) is 7.37. The minimum Gasteiger partial charge on any atom is -0.481 e. The smallest absolute Gasteiger partial charge is 0.414 e. The molecule has 0 bridgehead atoms. The molecule has 2 aromatic rings. The van der Waals surface area contributed by atoms with Gasteiger partial charge in [-0.1, -0.05) is 6.42 Å². The number of alkyl halides is 2. The lowest BCUT2D eigenvalue weighted by Gasteiger charge is -2.34. The van der Waals surface area contributed by atoms with Crippen molar-refractivity contribution < 1.29 is 33.3 Å². The van der Waals surface area contributed by atoms with E-state index in [0.29, 0.717) is 49.9 Å². The number of hydrogen-bond acceptors (Lipinski definition) is 5. The fraction of sp³-hybridized carbons (Fsp3) is 0.679. The van der Waals surface area contributed by atoms with E-state index < -0.39 is 30.0 Å². The number of methoxy groups -OCH3 is 1. The zero-order chi connectivity index (χ0) is 27.2. The van der Waals surface area contributed by atoms with Gasteiger partial charge < -0.3 is 19.5 Å². The molecule has 1 aliphatic heterocycles. The second-order valence-electron chi connectivity index (χ2n) is 11.4. The molecule has 5 rings (SSSR count). The number of anilines is 1. The molecule has 2 N–H and O–H groups in total. The normalized spacial score (nSPS) is 26.7. The largest absolute Gasteiger partial charge is 0.481 e. The molecule has 0 radical (unpaired) electrons. The molecular weight excluding hydrogens is 496 g/mol. The Morgan fingerprint density at radius 3 is 2.61 bits per heavy atom. The van der Waals surface area contributed by atoms with Crippen molar-refractivity contribution in [1.82, 2.24) is 9.55 Å². The minimum absolute atomic E-state index is 0.0272. The van der Waals surface area contributed by atoms with E-state index in [1.165, 1.54) is 7.11 Å². The number of halogens is 2. The maximum Gasteiger partial charge on any atom is 0.414 e. The van der Waals surface area contributed by atoms with E-state index in [-0.39, 0.29) is 30.8 Å². The van der Waals surface area contributed by atoms with E-state index in [1.807, 2.05) is 23.6 Å². The van der Waals surface area contributed by atoms with Crippen molar-refractivity contribution in [2.45, 2.75) is 102 Å². The number of aromatic nitrogens is 2. The van der Waals surface area contributed by atoms with Crippen LogP contribution in [0.5, 0.6) is 0 Å². The van der Waals surface area contributed by atoms with Crippen LogP contribution in [0.1, 0.15) is 94.7 Å². The highest BCUT2D eigenvalue weighted by atomic mass is 19.3. The number of rotatable bonds is 5. The number of aliphatic hydroxyl groups is 1. The Morgan fingerprint density at radius 1 is 1.18 bits per heavy atom. The Morgan fingerprint density at radius 2 is 1.92 bits per heavy atom. The van der Waals surface area contributed by atoms with Crippen molar-refractivity contribution in [1.29, 1.82) is 0 Å². The van der Waals surface area contributed by atoms with Gasteiger partial charge in [-0.15, -0.1) is 0 Å². The van der Waals surface area contributed by atoms with Crippen LogP contribution in [0, 0.1) is 11.8 Å². The summed E-state index contributed by atoms with van der Waals surface area (Å²) in [6.45, 7) is 1.97. The summed E-state index contributed by atoms with van der Waals surface area (Å²) in [5.74, 6) is -3.48. The predicted octanol–water partition coefficient (Wildman–Crippen LogP) is 6.01. The monoisotopic (exact) mass is 533 g/mol. The molecule has 0 spiro atoms. The zero-order valence-electron chi connectivity index (χ0n) is 22.0. The Labute approximate surface area is 221 Å². The topological polar surface area (TPSA) is 105 Å². The number of benzene rings is 1. The van der Waals surface area contributed by atoms with Crippen LogP contribution in [0.4, 0.5) is 19.3 Å². The number of hydrogen-bond donors (Lipinski definition) is 2. The van der Waals surface area contributed by atoms with E-state index in [4.69, 9.17) is 9.72 Å². The van der Waals surface area contributed by atoms with Crippen LogP contribution in [-0.4, -0.2) is 50.9 Å². The number of amides is 1. The van der Waals surface area contributed by atoms with Crippen LogP contribution >= 0.6 is 0 Å². The molecule has 3 unspecified atom stereocenters. The van der Waals surface area contributed by atoms with Crippen LogP contribution < -0.4 is 4.90 Å². The van der Waals surface area contributed by atoms with Crippen LogP contribution in [0.15, 0.2) is 12.1 Å². The number of aliphatic hydroxyl groups excluding tert-OH is 1. The molecule has 2 saturated carbocycles. The summed E-state index contributed by atoms with van der Waals surface area (Å²) < 4.78 is 34.5. The van der Waals surface area contributed by atoms with Gasteiger partial charge in [0.1, 0.15) is 11.9 Å². The molecule has 10 heteroatoms. The number of nitrogens with zero attached hydrogens (tertiary/aromatic N) is 3. The molecule has 2 heterocycles. The van der Waals surface area contributed by atoms with E-state index in [1.54, 1.807) is 4.90 Å². The molecule has 4 atom stereocenters. The second kappa shape index (κ2) is 10.4. The van der Waals surface area contributed by atoms with Gasteiger partial charge in [-0.05, 0) is 76.3 Å². The lowest BCUT2D eigenvalue weighted by Crippen LogP contribution is -2.42. The Hall–Kier alpha value is -2.75. The second-order valence-corrected chi connectivity index (χ2v) is 11.4. The quantitative estimate of drug-likeness (QED) is 0.488. The number of carboxylic acids is 1. The molecule has 1 amide bonds. The van der Waals surface area contributed by atoms with E-state index in [0.717, 1.165) is 36.0 Å². The van der Waals surface area contributed by atoms with Gasteiger partial charge >= 0.3 is 12.1 Å². The average molecular weight is 534 g/mol. The van der Waals surface area contributed by atoms with Crippen LogP contribution in [-0.2, 0) is 16.0 Å². The fourth-order valence-electron chi connectivity index (χ4n) is 6.79. The first-order valence-corrected chi connectivity index (χ1v) is 13.8. The molecule has 38 heavy (non-hydrogen) atoms. The number of imidazole rings is 1. The molecule has 3 aliphatic rings. The van der Waals surface area contributed by atoms with Gasteiger partial charge in [-0.25, -0.2) is 18.6 Å². The first kappa shape index (κ1) is 26.8. The van der Waals surface area contributed by atoms with Crippen molar-refractivity contribution >= 4 is 28.8 Å². The standard InChI is InChI=1S/C28H37F2N3O5/c1-16-6-7-20-21(32(16)27(37)38-2)8-9-22-24(20)31-25(23(34)14-17-10-12-28(29,30)13-11-17)33(22)19-5-3-4-18(15-19)26(35)36/h8-9,16-19,23,34H,3-7,10-15H2,1-2H3,(H,35,36)/t16-,18?,19?,23?/m0/s1. The van der Waals surface area contributed by atoms with Gasteiger partial charge in [0.05, 0.1) is 29.7 Å². The summed E-state index contributed by atoms with van der Waals surface area (Å²) in [4.78, 5) is 31.0. The lowest BCUT2D eigenvalue weighted by atomic mass is 9.83. The first-order valence-electron chi connectivity index (χ1n) is 13.8. The minimum atomic E-state index is -2.63. The van der Waals surface area contributed by atoms with Gasteiger partial charge in [0.15, 0.2) is 0 Å². The van der Waals surface area contributed by atoms with Crippen molar-refractivity contribution in [3.05, 3.63) is 23.5 Å². The Balaban J connectivity index is 1.56. The van der Waals surface area contributed by atoms with E-state index >= 15 is 0 Å². The van der Waals surface area contributed by atoms with Crippen molar-refractivity contribution in [2.75, 3.05) is 12.0 Å². The molecular formula is C28H37F2N3O5. The van der Waals surface area contributed by atoms with Gasteiger partial charge in [0, 0.05) is 30.5 Å². The molecule has 208 valence electrons. The summed E-state index contributed by atoms with van der Waals surface area (Å²) in [6.07, 6.45) is 3.33. The summed E-state index contributed by atoms with van der Waals surface area (Å²) >= 11 is 0. The molecule has 2 aliphatic carbocycles. The van der Waals surface area contributed by atoms with Gasteiger partial charge in [-0.2, -0.15) is 0 Å². The number of aliphatic carboxylic acids is 1. The maximum absolute atomic E-state index is 13.7. The summed E-state index contributed by atoms with van der Waals surface area (Å²) in [5.41, 5.74) is 3.14. The SMILES string of the molecule is COC(=O)N1c2ccc3c(nc(C(O)CC4CCC(F)(F)CC4)n3C3CCCC(C(=O)O)C3)c2CC[C@@H]1C. The Bertz CT molecular complexity index is 1200. The number of carbonyl (C=O) groups is 2. The molecule has 1 aromatic heterocycles. The third-order valence-corrected chi connectivity index (χ3v) is 8.91. The summed E-state index contributed by atoms with van der Waals surface area (Å²) in [5, 5.41) is 21.1. The predicted molar refractivity (Wildman–Crippen MR) is 138 cm³/mol. The lowest BCUT2D eigenvalue weighted by molar-refractivity contribution is -0.143. The molecule has 1 aromatic carbocycles. The molecule has 0 saturated heterocycles. The number of ether oxygens (including phenoxy) is 1. The van der Waals surface area contributed by atoms with E-state index in [9.17, 15) is 28.6 Å². The number of carbonyl (C=O) groups excluding carboxylic acids is 1. The number of aryl methyl sites for hydroxylation is 1. The average Bonchev–Trinajstić information content (AvgIpc) is 3.29. The molecule has 2 fully saturated rings. The molecule has 8 nitrogen and oxygen atoms in total. The zero-order valence-corrected chi connectivity index (χ0v) is 22.0. The van der Waals surface area contributed by atoms with Gasteiger partial charge in [0.2, 0.25) is 5.92 Å². The van der Waals surface area contributed by atoms with Crippen LogP contribution in [0.2, 0.25) is 0 Å². The summed E-state index contributed by atoms with van der Waals surface area (Å²) in [6, 6.07) is 3.60. The first-order chi connectivity index (χ1) is 18.1. The highest BCUT2D eigenvalue weighted by molar-refractivity contribution is 5.95. The maximum atomic E-state index is 13.7. The van der Waals surface area contributed by atoms with Crippen molar-refractivity contribution in [3.63, 3.8) is 0 Å². The third kappa shape index (κ3) is 4.99. The third-order valence-electron chi connectivity index (χ3n) is 8.91. The van der Waals surface area contributed by atoms with Crippen molar-refractivity contribution in [3.8, 4) is 0 Å². The highest BCUT2D eigenvalue weighted by Crippen LogP contribution is 2.44. The number of fused-ring (bicyclic) bond motifs is 3. The fourth-order valence-corrected chi connectivity index (χ4v) is 6.79. The van der Waals surface area contributed by atoms with E-state index in [2.05, 4.69) is 0 Å². The van der Waals surface area contributed by atoms with Gasteiger partial charge in [0.25, 0.3) is 0 Å². The van der Waals surface area contributed by atoms with Gasteiger partial charge in [-0.3, -0.25) is 9.69 Å². The van der Waals surface area contributed by atoms with Crippen LogP contribution in [0.25, 0.3) is 11.0 Å². The van der Waals surface area contributed by atoms with Crippen LogP contribution in [0.3, 0.4) is 0 Å².